The second-order valence-electron chi connectivity index (χ2n) is 6.95. The molecule has 2 aromatic heterocycles. The second kappa shape index (κ2) is 6.70. The summed E-state index contributed by atoms with van der Waals surface area (Å²) >= 11 is 6.03. The zero-order valence-electron chi connectivity index (χ0n) is 14.9. The molecule has 0 saturated carbocycles. The summed E-state index contributed by atoms with van der Waals surface area (Å²) in [5.74, 6) is 0.489. The number of hydrogen-bond acceptors (Lipinski definition) is 3. The van der Waals surface area contributed by atoms with Crippen molar-refractivity contribution in [2.75, 3.05) is 0 Å². The Morgan fingerprint density at radius 2 is 2.15 bits per heavy atom. The second-order valence-corrected chi connectivity index (χ2v) is 7.39. The van der Waals surface area contributed by atoms with E-state index in [1.165, 1.54) is 5.57 Å². The Morgan fingerprint density at radius 3 is 2.85 bits per heavy atom. The molecule has 2 N–H and O–H groups in total. The highest BCUT2D eigenvalue weighted by Crippen LogP contribution is 2.27. The first-order chi connectivity index (χ1) is 12.9. The van der Waals surface area contributed by atoms with Crippen LogP contribution in [0.25, 0.3) is 21.9 Å². The van der Waals surface area contributed by atoms with Crippen LogP contribution in [0.4, 0.5) is 0 Å². The lowest BCUT2D eigenvalue weighted by Crippen LogP contribution is -2.32. The van der Waals surface area contributed by atoms with Crippen molar-refractivity contribution in [3.63, 3.8) is 0 Å². The largest absolute Gasteiger partial charge is 0.350 e. The minimum atomic E-state index is -0.583. The molecule has 0 fully saturated rings. The van der Waals surface area contributed by atoms with Crippen LogP contribution >= 0.6 is 11.6 Å². The third-order valence-corrected chi connectivity index (χ3v) is 5.31. The molecular weight excluding hydrogens is 364 g/mol. The van der Waals surface area contributed by atoms with Gasteiger partial charge in [0.05, 0.1) is 11.7 Å². The van der Waals surface area contributed by atoms with Crippen LogP contribution in [-0.2, 0) is 0 Å². The predicted octanol–water partition coefficient (Wildman–Crippen LogP) is 3.96. The van der Waals surface area contributed by atoms with Crippen molar-refractivity contribution in [3.8, 4) is 0 Å². The van der Waals surface area contributed by atoms with Crippen molar-refractivity contribution < 1.29 is 0 Å². The highest BCUT2D eigenvalue weighted by atomic mass is 35.5. The molecule has 4 rings (SSSR count). The molecule has 1 atom stereocenters. The van der Waals surface area contributed by atoms with Gasteiger partial charge in [-0.25, -0.2) is 4.79 Å². The number of H-pyrrole nitrogens is 2. The summed E-state index contributed by atoms with van der Waals surface area (Å²) < 4.78 is 0.852. The average molecular weight is 383 g/mol. The van der Waals surface area contributed by atoms with Gasteiger partial charge in [-0.1, -0.05) is 29.8 Å². The van der Waals surface area contributed by atoms with Gasteiger partial charge in [0, 0.05) is 15.9 Å². The van der Waals surface area contributed by atoms with Crippen LogP contribution in [-0.4, -0.2) is 20.9 Å². The summed E-state index contributed by atoms with van der Waals surface area (Å²) in [6, 6.07) is 5.21. The van der Waals surface area contributed by atoms with E-state index in [0.717, 1.165) is 35.0 Å². The monoisotopic (exact) mass is 382 g/mol. The van der Waals surface area contributed by atoms with E-state index in [1.54, 1.807) is 24.4 Å². The van der Waals surface area contributed by atoms with Gasteiger partial charge in [-0.3, -0.25) is 4.79 Å². The van der Waals surface area contributed by atoms with E-state index < -0.39 is 11.2 Å². The molecule has 0 spiro atoms. The summed E-state index contributed by atoms with van der Waals surface area (Å²) in [6.07, 6.45) is 6.44. The number of benzene rings is 1. The number of aromatic amines is 2. The Labute approximate surface area is 159 Å². The van der Waals surface area contributed by atoms with Crippen LogP contribution in [0.2, 0.25) is 5.02 Å². The van der Waals surface area contributed by atoms with Gasteiger partial charge in [-0.05, 0) is 55.9 Å². The molecule has 6 nitrogen and oxygen atoms in total. The zero-order valence-corrected chi connectivity index (χ0v) is 15.6. The summed E-state index contributed by atoms with van der Waals surface area (Å²) in [6.45, 7) is 6.05. The summed E-state index contributed by atoms with van der Waals surface area (Å²) in [7, 11) is 0. The third-order valence-electron chi connectivity index (χ3n) is 5.07. The van der Waals surface area contributed by atoms with Gasteiger partial charge in [0.15, 0.2) is 0 Å². The van der Waals surface area contributed by atoms with Gasteiger partial charge >= 0.3 is 11.2 Å². The quantitative estimate of drug-likeness (QED) is 0.531. The van der Waals surface area contributed by atoms with Gasteiger partial charge in [-0.15, -0.1) is 4.68 Å². The standard InChI is InChI=1S/C20H19ClN4O2/c1-11(2)13-5-3-12(4-6-13)10-22-25-19(26)18-17(24-20(25)27)15-9-14(21)7-8-16(15)23-18/h3,7-10,13,23H,1,4-6H2,2H3,(H,24,27). The molecule has 0 aliphatic heterocycles. The van der Waals surface area contributed by atoms with E-state index in [0.29, 0.717) is 27.4 Å². The molecule has 0 amide bonds. The van der Waals surface area contributed by atoms with Crippen LogP contribution in [0.1, 0.15) is 26.2 Å². The van der Waals surface area contributed by atoms with E-state index in [-0.39, 0.29) is 0 Å². The van der Waals surface area contributed by atoms with Crippen molar-refractivity contribution in [1.29, 1.82) is 0 Å². The minimum Gasteiger partial charge on any atom is -0.349 e. The third kappa shape index (κ3) is 3.17. The molecule has 1 aliphatic carbocycles. The molecule has 138 valence electrons. The Morgan fingerprint density at radius 1 is 1.33 bits per heavy atom. The normalized spacial score (nSPS) is 17.7. The van der Waals surface area contributed by atoms with Crippen molar-refractivity contribution in [3.05, 3.63) is 67.9 Å². The van der Waals surface area contributed by atoms with Crippen LogP contribution < -0.4 is 11.2 Å². The number of nitrogens with zero attached hydrogens (tertiary/aromatic N) is 2. The number of nitrogens with one attached hydrogen (secondary N) is 2. The maximum absolute atomic E-state index is 12.8. The summed E-state index contributed by atoms with van der Waals surface area (Å²) in [5.41, 5.74) is 2.58. The SMILES string of the molecule is C=C(C)C1CC=C(C=Nn2c(=O)[nH]c3c([nH]c4ccc(Cl)cc43)c2=O)CC1. The number of allylic oxidation sites excluding steroid dienone is 3. The number of halogens is 1. The first-order valence-corrected chi connectivity index (χ1v) is 9.17. The predicted molar refractivity (Wildman–Crippen MR) is 110 cm³/mol. The van der Waals surface area contributed by atoms with Crippen LogP contribution in [0.15, 0.2) is 56.7 Å². The number of hydrogen-bond donors (Lipinski definition) is 2. The molecule has 0 saturated heterocycles. The van der Waals surface area contributed by atoms with Crippen molar-refractivity contribution in [2.45, 2.75) is 26.2 Å². The van der Waals surface area contributed by atoms with Gasteiger partial charge in [-0.2, -0.15) is 5.10 Å². The van der Waals surface area contributed by atoms with Crippen LogP contribution in [0.3, 0.4) is 0 Å². The topological polar surface area (TPSA) is 83.0 Å². The van der Waals surface area contributed by atoms with E-state index >= 15 is 0 Å². The minimum absolute atomic E-state index is 0.295. The Bertz CT molecular complexity index is 1240. The fourth-order valence-electron chi connectivity index (χ4n) is 3.47. The van der Waals surface area contributed by atoms with Crippen LogP contribution in [0.5, 0.6) is 0 Å². The number of fused-ring (bicyclic) bond motifs is 3. The smallest absolute Gasteiger partial charge is 0.349 e. The fourth-order valence-corrected chi connectivity index (χ4v) is 3.64. The highest BCUT2D eigenvalue weighted by Gasteiger charge is 2.15. The van der Waals surface area contributed by atoms with Gasteiger partial charge < -0.3 is 9.97 Å². The molecule has 0 bridgehead atoms. The van der Waals surface area contributed by atoms with E-state index in [9.17, 15) is 9.59 Å². The molecule has 1 unspecified atom stereocenters. The molecule has 0 radical (unpaired) electrons. The highest BCUT2D eigenvalue weighted by molar-refractivity contribution is 6.31. The Hall–Kier alpha value is -2.86. The zero-order chi connectivity index (χ0) is 19.1. The van der Waals surface area contributed by atoms with E-state index in [1.807, 2.05) is 6.92 Å². The lowest BCUT2D eigenvalue weighted by atomic mass is 9.86. The molecule has 7 heteroatoms. The van der Waals surface area contributed by atoms with E-state index in [2.05, 4.69) is 27.7 Å². The van der Waals surface area contributed by atoms with Crippen molar-refractivity contribution in [2.24, 2.45) is 11.0 Å². The first-order valence-electron chi connectivity index (χ1n) is 8.79. The van der Waals surface area contributed by atoms with Gasteiger partial charge in [0.1, 0.15) is 5.52 Å². The van der Waals surface area contributed by atoms with Crippen LogP contribution in [0, 0.1) is 5.92 Å². The molecule has 27 heavy (non-hydrogen) atoms. The van der Waals surface area contributed by atoms with Crippen molar-refractivity contribution >= 4 is 39.8 Å². The van der Waals surface area contributed by atoms with E-state index in [4.69, 9.17) is 11.6 Å². The van der Waals surface area contributed by atoms with Gasteiger partial charge in [0.2, 0.25) is 0 Å². The average Bonchev–Trinajstić information content (AvgIpc) is 3.00. The maximum Gasteiger partial charge on any atom is 0.350 e. The Kier molecular flexibility index (Phi) is 4.36. The number of rotatable bonds is 3. The van der Waals surface area contributed by atoms with Crippen molar-refractivity contribution in [1.82, 2.24) is 14.6 Å². The maximum atomic E-state index is 12.8. The molecular formula is C20H19ClN4O2. The fraction of sp³-hybridized carbons (Fsp3) is 0.250. The molecule has 2 heterocycles. The van der Waals surface area contributed by atoms with Gasteiger partial charge in [0.25, 0.3) is 0 Å². The molecule has 1 aliphatic rings. The summed E-state index contributed by atoms with van der Waals surface area (Å²) in [5, 5.41) is 5.36. The Balaban J connectivity index is 1.75. The summed E-state index contributed by atoms with van der Waals surface area (Å²) in [4.78, 5) is 30.9. The molecule has 1 aromatic carbocycles. The first kappa shape index (κ1) is 17.5. The lowest BCUT2D eigenvalue weighted by molar-refractivity contribution is 0.548. The number of aromatic nitrogens is 3. The molecule has 3 aromatic rings. The lowest BCUT2D eigenvalue weighted by Gasteiger charge is -2.20.